The molecule has 542 valence electrons. The van der Waals surface area contributed by atoms with E-state index in [9.17, 15) is 51.5 Å². The minimum atomic E-state index is -2.52. The number of Topliss-reactive ketones (excluding diaryl/α,β-unsaturated/α-hetero) is 2. The van der Waals surface area contributed by atoms with Gasteiger partial charge in [-0.15, -0.1) is 0 Å². The zero-order valence-corrected chi connectivity index (χ0v) is 66.5. The van der Waals surface area contributed by atoms with Crippen LogP contribution in [-0.4, -0.2) is 135 Å². The van der Waals surface area contributed by atoms with Crippen LogP contribution in [0.5, 0.6) is 0 Å². The number of halogens is 3. The van der Waals surface area contributed by atoms with Gasteiger partial charge in [0, 0.05) is 114 Å². The van der Waals surface area contributed by atoms with Gasteiger partial charge < -0.3 is 30.1 Å². The Labute approximate surface area is 554 Å². The third-order valence-electron chi connectivity index (χ3n) is 11.7. The zero-order chi connectivity index (χ0) is 74.8. The molecule has 5 amide bonds. The molecule has 0 aliphatic carbocycles. The van der Waals surface area contributed by atoms with Gasteiger partial charge in [0.15, 0.2) is 0 Å². The van der Waals surface area contributed by atoms with E-state index in [0.717, 1.165) is 39.6 Å². The molecule has 0 aromatic heterocycles. The van der Waals surface area contributed by atoms with Crippen LogP contribution < -0.4 is 10.6 Å². The number of likely N-dealkylation sites (tertiary alicyclic amines) is 1. The molecule has 1 fully saturated rings. The number of piperidine rings is 1. The zero-order valence-electron chi connectivity index (χ0n) is 66.5. The Bertz CT molecular complexity index is 1850. The van der Waals surface area contributed by atoms with E-state index in [1.54, 1.807) is 28.1 Å². The predicted octanol–water partition coefficient (Wildman–Crippen LogP) is 18.1. The summed E-state index contributed by atoms with van der Waals surface area (Å²) < 4.78 is 41.1. The Hall–Kier alpha value is -4.05. The monoisotopic (exact) mass is 1300 g/mol. The van der Waals surface area contributed by atoms with Gasteiger partial charge in [-0.1, -0.05) is 187 Å². The second-order valence-corrected chi connectivity index (χ2v) is 33.7. The van der Waals surface area contributed by atoms with Crippen molar-refractivity contribution in [3.63, 3.8) is 0 Å². The fourth-order valence-corrected chi connectivity index (χ4v) is 7.13. The molecule has 0 spiro atoms. The summed E-state index contributed by atoms with van der Waals surface area (Å²) >= 11 is 0. The molecule has 17 heteroatoms. The van der Waals surface area contributed by atoms with Crippen molar-refractivity contribution in [1.82, 2.24) is 25.3 Å². The number of nitrogens with zero attached hydrogens (tertiary/aromatic N) is 3. The smallest absolute Gasteiger partial charge is 0.310 e. The van der Waals surface area contributed by atoms with Crippen LogP contribution in [0.2, 0.25) is 0 Å². The van der Waals surface area contributed by atoms with Gasteiger partial charge in [0.2, 0.25) is 35.5 Å². The van der Waals surface area contributed by atoms with Crippen LogP contribution in [0.15, 0.2) is 0 Å². The molecule has 0 bridgehead atoms. The first-order valence-electron chi connectivity index (χ1n) is 32.9. The van der Waals surface area contributed by atoms with Gasteiger partial charge in [-0.05, 0) is 103 Å². The minimum absolute atomic E-state index is 0.0417. The van der Waals surface area contributed by atoms with E-state index in [1.807, 2.05) is 197 Å². The molecule has 2 N–H and O–H groups in total. The van der Waals surface area contributed by atoms with Crippen molar-refractivity contribution in [2.45, 2.75) is 313 Å². The summed E-state index contributed by atoms with van der Waals surface area (Å²) in [5, 5.41) is 5.31. The van der Waals surface area contributed by atoms with Crippen molar-refractivity contribution < 1.29 is 56.3 Å². The molecule has 0 saturated carbocycles. The van der Waals surface area contributed by atoms with Crippen LogP contribution in [-0.2, 0) is 43.1 Å². The van der Waals surface area contributed by atoms with Crippen LogP contribution in [0.3, 0.4) is 0 Å². The van der Waals surface area contributed by atoms with E-state index in [-0.39, 0.29) is 90.7 Å². The number of amides is 5. The van der Waals surface area contributed by atoms with Gasteiger partial charge in [-0.2, -0.15) is 0 Å². The lowest BCUT2D eigenvalue weighted by Crippen LogP contribution is -2.37. The number of carbonyl (C=O) groups is 8. The van der Waals surface area contributed by atoms with Crippen LogP contribution in [0.4, 0.5) is 13.2 Å². The first kappa shape index (κ1) is 105. The number of alkyl halides is 3. The Kier molecular flexibility index (Phi) is 56.6. The number of hydrogen-bond donors (Lipinski definition) is 2. The molecule has 1 heterocycles. The number of nitrogens with one attached hydrogen (secondary N) is 2. The van der Waals surface area contributed by atoms with Gasteiger partial charge >= 0.3 is 5.97 Å². The van der Waals surface area contributed by atoms with Crippen LogP contribution in [0, 0.1) is 54.7 Å². The Morgan fingerprint density at radius 1 is 0.533 bits per heavy atom. The second-order valence-electron chi connectivity index (χ2n) is 33.7. The molecular formula is C73H150F3N5O9. The van der Waals surface area contributed by atoms with E-state index < -0.39 is 12.1 Å². The molecule has 90 heavy (non-hydrogen) atoms. The van der Waals surface area contributed by atoms with Crippen LogP contribution in [0.1, 0.15) is 301 Å². The van der Waals surface area contributed by atoms with Crippen molar-refractivity contribution in [3.05, 3.63) is 0 Å². The van der Waals surface area contributed by atoms with Gasteiger partial charge in [0.25, 0.3) is 0 Å². The molecule has 1 unspecified atom stereocenters. The maximum atomic E-state index is 12.2. The van der Waals surface area contributed by atoms with E-state index in [4.69, 9.17) is 0 Å². The lowest BCUT2D eigenvalue weighted by molar-refractivity contribution is -0.149. The highest BCUT2D eigenvalue weighted by molar-refractivity contribution is 5.85. The molecule has 0 radical (unpaired) electrons. The molecule has 0 aromatic rings. The number of ether oxygens (including phenoxy) is 1. The summed E-state index contributed by atoms with van der Waals surface area (Å²) in [5.41, 5.74) is -0.997. The van der Waals surface area contributed by atoms with Gasteiger partial charge in [0.1, 0.15) is 11.6 Å². The summed E-state index contributed by atoms with van der Waals surface area (Å²) in [7, 11) is 6.49. The quantitative estimate of drug-likeness (QED) is 0.212. The highest BCUT2D eigenvalue weighted by Gasteiger charge is 2.29. The van der Waals surface area contributed by atoms with Crippen molar-refractivity contribution >= 4 is 47.1 Å². The van der Waals surface area contributed by atoms with E-state index in [2.05, 4.69) is 56.9 Å². The van der Waals surface area contributed by atoms with Gasteiger partial charge in [-0.3, -0.25) is 38.4 Å². The minimum Gasteiger partial charge on any atom is -0.469 e. The normalized spacial score (nSPS) is 12.9. The predicted molar refractivity (Wildman–Crippen MR) is 377 cm³/mol. The van der Waals surface area contributed by atoms with E-state index >= 15 is 0 Å². The molecule has 1 aliphatic rings. The maximum Gasteiger partial charge on any atom is 0.310 e. The summed E-state index contributed by atoms with van der Waals surface area (Å²) in [5.74, 6) is -0.946. The molecule has 1 aliphatic heterocycles. The Morgan fingerprint density at radius 3 is 1.01 bits per heavy atom. The van der Waals surface area contributed by atoms with Crippen LogP contribution in [0.25, 0.3) is 0 Å². The fraction of sp³-hybridized carbons (Fsp3) is 0.890. The first-order valence-corrected chi connectivity index (χ1v) is 32.9. The van der Waals surface area contributed by atoms with Crippen molar-refractivity contribution in [1.29, 1.82) is 0 Å². The Balaban J connectivity index is -0.000000117. The van der Waals surface area contributed by atoms with Crippen molar-refractivity contribution in [2.75, 3.05) is 61.0 Å². The summed E-state index contributed by atoms with van der Waals surface area (Å²) in [6.07, 6.45) is 5.62. The third kappa shape index (κ3) is 82.0. The van der Waals surface area contributed by atoms with Gasteiger partial charge in [0.05, 0.1) is 18.7 Å². The van der Waals surface area contributed by atoms with Crippen molar-refractivity contribution in [2.24, 2.45) is 54.7 Å². The number of esters is 1. The van der Waals surface area contributed by atoms with E-state index in [0.29, 0.717) is 43.2 Å². The lowest BCUT2D eigenvalue weighted by Gasteiger charge is -2.29. The molecule has 14 nitrogen and oxygen atoms in total. The standard InChI is InChI=1S/C11H21NO.C10H21NO.C8H16O.C7H14F2.C7H15F.C7H15NO.C7H14O.C6H13NO.C6H12O2.C4H9NO/c1-11(2,3)9-10(13)12-7-5-4-6-8-12;1-6-11(7-2)9(12)8-10(3,4)5;1-6(2)7(9)8(3,4)5;1-6(2,3)5-7(4,8)9;1-6(8)5-7(2,3)4;1-5-8-6(9)7(2,3)4;1-5-6(8)7(2,3)4;1-6(2,3)5(8)7-4;1-6(2,3)5(7)8-4;1-4(6)5(2)3/h4-9H2,1-3H3;6-8H2,1-5H3;6H,1-5H3;5H2,1-4H3;6H,5H2,1-4H3;5H2,1-4H3,(H,8,9);5H2,1-4H3;1-4H3,(H,7,8);1-4H3;1-3H3. The SMILES string of the molecule is CC(=O)N(C)C.CC(C)(C)CC(=O)N1CCCCC1.CC(C)(C)CC(C)(F)F.CC(C)C(=O)C(C)(C)C.CC(F)CC(C)(C)C.CCC(=O)C(C)(C)C.CCN(CC)C(=O)CC(C)(C)C.CCNC(=O)C(C)(C)C.CNC(=O)C(C)(C)C.COC(=O)C(C)(C)C. The van der Waals surface area contributed by atoms with Crippen LogP contribution >= 0.6 is 0 Å². The average Bonchev–Trinajstić information content (AvgIpc) is 3.31. The topological polar surface area (TPSA) is 180 Å². The van der Waals surface area contributed by atoms with E-state index in [1.165, 1.54) is 38.2 Å². The molecule has 1 atom stereocenters. The Morgan fingerprint density at radius 2 is 0.900 bits per heavy atom. The summed E-state index contributed by atoms with van der Waals surface area (Å²) in [6.45, 7) is 72.8. The number of carbonyl (C=O) groups excluding carboxylic acids is 8. The largest absolute Gasteiger partial charge is 0.469 e. The first-order chi connectivity index (χ1) is 39.4. The number of methoxy groups -OCH3 is 1. The fourth-order valence-electron chi connectivity index (χ4n) is 7.13. The number of rotatable bonds is 9. The van der Waals surface area contributed by atoms with Gasteiger partial charge in [-0.25, -0.2) is 13.2 Å². The third-order valence-corrected chi connectivity index (χ3v) is 11.7. The second kappa shape index (κ2) is 48.6. The molecular weight excluding hydrogens is 1150 g/mol. The molecule has 1 saturated heterocycles. The summed E-state index contributed by atoms with van der Waals surface area (Å²) in [6, 6.07) is 0. The maximum absolute atomic E-state index is 12.2. The number of hydrogen-bond acceptors (Lipinski definition) is 9. The van der Waals surface area contributed by atoms with Crippen molar-refractivity contribution in [3.8, 4) is 0 Å². The number of ketones is 2. The molecule has 0 aromatic carbocycles. The summed E-state index contributed by atoms with van der Waals surface area (Å²) in [4.78, 5) is 93.1. The highest BCUT2D eigenvalue weighted by atomic mass is 19.3. The molecule has 1 rings (SSSR count). The average molecular weight is 1300 g/mol. The highest BCUT2D eigenvalue weighted by Crippen LogP contribution is 2.30. The lowest BCUT2D eigenvalue weighted by atomic mass is 9.85.